The van der Waals surface area contributed by atoms with Crippen LogP contribution in [0.4, 0.5) is 0 Å². The molecule has 16 heavy (non-hydrogen) atoms. The van der Waals surface area contributed by atoms with Crippen molar-refractivity contribution in [1.82, 2.24) is 4.90 Å². The first-order valence-corrected chi connectivity index (χ1v) is 7.87. The van der Waals surface area contributed by atoms with Crippen LogP contribution in [0.25, 0.3) is 0 Å². The summed E-state index contributed by atoms with van der Waals surface area (Å²) in [6.07, 6.45) is 1.39. The van der Waals surface area contributed by atoms with E-state index in [1.54, 1.807) is 0 Å². The van der Waals surface area contributed by atoms with E-state index in [2.05, 4.69) is 4.90 Å². The second-order valence-corrected chi connectivity index (χ2v) is 7.05. The van der Waals surface area contributed by atoms with E-state index in [4.69, 9.17) is 0 Å². The van der Waals surface area contributed by atoms with Gasteiger partial charge in [-0.1, -0.05) is 6.92 Å². The third kappa shape index (κ3) is 4.39. The molecule has 1 heterocycles. The Hall–Kier alpha value is -0.130. The average molecular weight is 249 g/mol. The summed E-state index contributed by atoms with van der Waals surface area (Å²) >= 11 is 0. The van der Waals surface area contributed by atoms with Crippen molar-refractivity contribution in [3.8, 4) is 0 Å². The van der Waals surface area contributed by atoms with Crippen LogP contribution in [0.1, 0.15) is 26.7 Å². The molecule has 96 valence electrons. The summed E-state index contributed by atoms with van der Waals surface area (Å²) in [4.78, 5) is 2.14. The van der Waals surface area contributed by atoms with E-state index in [1.165, 1.54) is 0 Å². The Balaban J connectivity index is 2.30. The minimum Gasteiger partial charge on any atom is -0.393 e. The monoisotopic (exact) mass is 249 g/mol. The van der Waals surface area contributed by atoms with Gasteiger partial charge in [-0.25, -0.2) is 8.42 Å². The molecule has 2 atom stereocenters. The zero-order chi connectivity index (χ0) is 12.2. The fourth-order valence-corrected chi connectivity index (χ4v) is 3.50. The topological polar surface area (TPSA) is 57.6 Å². The van der Waals surface area contributed by atoms with Crippen LogP contribution >= 0.6 is 0 Å². The molecule has 1 aliphatic heterocycles. The van der Waals surface area contributed by atoms with Crippen LogP contribution in [0.2, 0.25) is 0 Å². The van der Waals surface area contributed by atoms with Crippen LogP contribution in [0.3, 0.4) is 0 Å². The van der Waals surface area contributed by atoms with Crippen LogP contribution in [-0.2, 0) is 9.84 Å². The highest BCUT2D eigenvalue weighted by atomic mass is 32.2. The molecule has 0 radical (unpaired) electrons. The van der Waals surface area contributed by atoms with Crippen LogP contribution in [0.15, 0.2) is 0 Å². The van der Waals surface area contributed by atoms with E-state index in [-0.39, 0.29) is 11.9 Å². The Morgan fingerprint density at radius 3 is 2.62 bits per heavy atom. The molecule has 0 aromatic heterocycles. The van der Waals surface area contributed by atoms with Crippen molar-refractivity contribution < 1.29 is 13.5 Å². The summed E-state index contributed by atoms with van der Waals surface area (Å²) < 4.78 is 23.1. The number of nitrogens with zero attached hydrogens (tertiary/aromatic N) is 1. The minimum atomic E-state index is -2.86. The molecule has 5 heteroatoms. The second kappa shape index (κ2) is 5.98. The Morgan fingerprint density at radius 2 is 2.12 bits per heavy atom. The predicted molar refractivity (Wildman–Crippen MR) is 65.2 cm³/mol. The van der Waals surface area contributed by atoms with Gasteiger partial charge in [-0.15, -0.1) is 0 Å². The first-order valence-electron chi connectivity index (χ1n) is 6.05. The molecule has 0 amide bonds. The zero-order valence-corrected chi connectivity index (χ0v) is 11.0. The Morgan fingerprint density at radius 1 is 1.44 bits per heavy atom. The van der Waals surface area contributed by atoms with Crippen molar-refractivity contribution in [3.63, 3.8) is 0 Å². The second-order valence-electron chi connectivity index (χ2n) is 4.74. The predicted octanol–water partition coefficient (Wildman–Crippen LogP) is 0.514. The van der Waals surface area contributed by atoms with Crippen molar-refractivity contribution in [1.29, 1.82) is 0 Å². The molecule has 4 nitrogen and oxygen atoms in total. The number of rotatable bonds is 6. The first kappa shape index (κ1) is 13.9. The molecule has 1 rings (SSSR count). The lowest BCUT2D eigenvalue weighted by atomic mass is 10.0. The maximum Gasteiger partial charge on any atom is 0.151 e. The number of hydrogen-bond donors (Lipinski definition) is 1. The summed E-state index contributed by atoms with van der Waals surface area (Å²) in [5.41, 5.74) is 0. The molecule has 2 unspecified atom stereocenters. The smallest absolute Gasteiger partial charge is 0.151 e. The number of likely N-dealkylation sites (tertiary alicyclic amines) is 1. The fraction of sp³-hybridized carbons (Fsp3) is 1.00. The van der Waals surface area contributed by atoms with E-state index >= 15 is 0 Å². The summed E-state index contributed by atoms with van der Waals surface area (Å²) in [7, 11) is -2.86. The van der Waals surface area contributed by atoms with Gasteiger partial charge in [0.05, 0.1) is 11.9 Å². The van der Waals surface area contributed by atoms with Gasteiger partial charge in [0, 0.05) is 18.8 Å². The molecule has 1 saturated heterocycles. The largest absolute Gasteiger partial charge is 0.393 e. The van der Waals surface area contributed by atoms with Gasteiger partial charge in [-0.3, -0.25) is 0 Å². The number of sulfone groups is 1. The first-order chi connectivity index (χ1) is 7.44. The van der Waals surface area contributed by atoms with E-state index in [1.807, 2.05) is 13.8 Å². The van der Waals surface area contributed by atoms with Crippen molar-refractivity contribution in [2.75, 3.05) is 31.1 Å². The summed E-state index contributed by atoms with van der Waals surface area (Å²) in [5, 5.41) is 9.44. The number of aliphatic hydroxyl groups is 1. The standard InChI is InChI=1S/C11H23NO3S/c1-3-7-16(14,15)8-6-12-5-4-11(9-12)10(2)13/h10-11,13H,3-9H2,1-2H3. The molecule has 0 spiro atoms. The molecular formula is C11H23NO3S. The lowest BCUT2D eigenvalue weighted by Crippen LogP contribution is -2.29. The third-order valence-corrected chi connectivity index (χ3v) is 5.06. The van der Waals surface area contributed by atoms with Crippen molar-refractivity contribution in [2.24, 2.45) is 5.92 Å². The zero-order valence-electron chi connectivity index (χ0n) is 10.2. The highest BCUT2D eigenvalue weighted by Gasteiger charge is 2.26. The summed E-state index contributed by atoms with van der Waals surface area (Å²) in [6, 6.07) is 0. The minimum absolute atomic E-state index is 0.257. The quantitative estimate of drug-likeness (QED) is 0.745. The van der Waals surface area contributed by atoms with Gasteiger partial charge in [0.25, 0.3) is 0 Å². The summed E-state index contributed by atoms with van der Waals surface area (Å²) in [6.45, 7) is 6.06. The molecule has 0 aromatic carbocycles. The van der Waals surface area contributed by atoms with Gasteiger partial charge >= 0.3 is 0 Å². The fourth-order valence-electron chi connectivity index (χ4n) is 2.14. The molecule has 0 saturated carbocycles. The van der Waals surface area contributed by atoms with E-state index < -0.39 is 9.84 Å². The van der Waals surface area contributed by atoms with Crippen LogP contribution < -0.4 is 0 Å². The lowest BCUT2D eigenvalue weighted by molar-refractivity contribution is 0.128. The molecule has 1 aliphatic rings. The molecule has 0 aliphatic carbocycles. The number of aliphatic hydroxyl groups excluding tert-OH is 1. The van der Waals surface area contributed by atoms with Crippen molar-refractivity contribution in [3.05, 3.63) is 0 Å². The highest BCUT2D eigenvalue weighted by molar-refractivity contribution is 7.91. The van der Waals surface area contributed by atoms with Gasteiger partial charge in [0.2, 0.25) is 0 Å². The Kier molecular flexibility index (Phi) is 5.21. The van der Waals surface area contributed by atoms with E-state index in [9.17, 15) is 13.5 Å². The molecule has 0 bridgehead atoms. The normalized spacial score (nSPS) is 24.8. The van der Waals surface area contributed by atoms with Gasteiger partial charge in [0.1, 0.15) is 0 Å². The SMILES string of the molecule is CCCS(=O)(=O)CCN1CCC(C(C)O)C1. The maximum absolute atomic E-state index is 11.5. The van der Waals surface area contributed by atoms with Crippen molar-refractivity contribution in [2.45, 2.75) is 32.8 Å². The third-order valence-electron chi connectivity index (χ3n) is 3.22. The maximum atomic E-state index is 11.5. The van der Waals surface area contributed by atoms with Crippen LogP contribution in [-0.4, -0.2) is 55.7 Å². The van der Waals surface area contributed by atoms with Crippen molar-refractivity contribution >= 4 is 9.84 Å². The molecule has 1 N–H and O–H groups in total. The lowest BCUT2D eigenvalue weighted by Gasteiger charge is -2.17. The average Bonchev–Trinajstić information content (AvgIpc) is 2.63. The van der Waals surface area contributed by atoms with E-state index in [0.717, 1.165) is 19.5 Å². The molecule has 1 fully saturated rings. The van der Waals surface area contributed by atoms with Gasteiger partial charge < -0.3 is 10.0 Å². The van der Waals surface area contributed by atoms with Gasteiger partial charge in [0.15, 0.2) is 9.84 Å². The summed E-state index contributed by atoms with van der Waals surface area (Å²) in [5.74, 6) is 0.863. The number of hydrogen-bond acceptors (Lipinski definition) is 4. The van der Waals surface area contributed by atoms with E-state index in [0.29, 0.717) is 24.6 Å². The highest BCUT2D eigenvalue weighted by Crippen LogP contribution is 2.19. The van der Waals surface area contributed by atoms with Gasteiger partial charge in [-0.05, 0) is 32.2 Å². The molecule has 0 aromatic rings. The Bertz CT molecular complexity index is 300. The Labute approximate surface area is 98.6 Å². The van der Waals surface area contributed by atoms with Crippen LogP contribution in [0, 0.1) is 5.92 Å². The molecular weight excluding hydrogens is 226 g/mol. The van der Waals surface area contributed by atoms with Gasteiger partial charge in [-0.2, -0.15) is 0 Å². The van der Waals surface area contributed by atoms with Crippen LogP contribution in [0.5, 0.6) is 0 Å².